The normalized spacial score (nSPS) is 15.8. The number of carbonyl (C=O) groups excluding carboxylic acids is 1. The van der Waals surface area contributed by atoms with Crippen molar-refractivity contribution in [1.29, 1.82) is 0 Å². The Kier molecular flexibility index (Phi) is 2.00. The summed E-state index contributed by atoms with van der Waals surface area (Å²) in [6.07, 6.45) is 3.85. The summed E-state index contributed by atoms with van der Waals surface area (Å²) < 4.78 is 6.49. The van der Waals surface area contributed by atoms with Crippen molar-refractivity contribution in [3.05, 3.63) is 12.2 Å². The summed E-state index contributed by atoms with van der Waals surface area (Å²) >= 11 is 0. The first-order valence-electron chi connectivity index (χ1n) is 4.39. The van der Waals surface area contributed by atoms with Gasteiger partial charge in [-0.05, 0) is 19.8 Å². The fourth-order valence-electron chi connectivity index (χ4n) is 1.08. The molecule has 1 fully saturated rings. The van der Waals surface area contributed by atoms with Gasteiger partial charge in [-0.3, -0.25) is 0 Å². The zero-order chi connectivity index (χ0) is 9.26. The van der Waals surface area contributed by atoms with Crippen LogP contribution in [-0.2, 0) is 4.74 Å². The zero-order valence-electron chi connectivity index (χ0n) is 7.43. The molecule has 0 atom stereocenters. The first-order valence-corrected chi connectivity index (χ1v) is 4.39. The fourth-order valence-corrected chi connectivity index (χ4v) is 1.08. The molecule has 1 aromatic heterocycles. The highest BCUT2D eigenvalue weighted by molar-refractivity contribution is 5.84. The van der Waals surface area contributed by atoms with Gasteiger partial charge in [0.05, 0.1) is 12.6 Å². The van der Waals surface area contributed by atoms with Gasteiger partial charge in [-0.15, -0.1) is 5.10 Å². The van der Waals surface area contributed by atoms with Crippen LogP contribution in [0.15, 0.2) is 6.33 Å². The van der Waals surface area contributed by atoms with Gasteiger partial charge in [0.2, 0.25) is 0 Å². The van der Waals surface area contributed by atoms with Crippen molar-refractivity contribution in [2.75, 3.05) is 6.61 Å². The Hall–Kier alpha value is -1.39. The summed E-state index contributed by atoms with van der Waals surface area (Å²) in [6, 6.07) is 0.454. The van der Waals surface area contributed by atoms with E-state index >= 15 is 0 Å². The molecule has 5 heteroatoms. The molecule has 13 heavy (non-hydrogen) atoms. The summed E-state index contributed by atoms with van der Waals surface area (Å²) in [5.41, 5.74) is 0. The number of rotatable bonds is 3. The van der Waals surface area contributed by atoms with Crippen molar-refractivity contribution in [3.63, 3.8) is 0 Å². The quantitative estimate of drug-likeness (QED) is 0.647. The van der Waals surface area contributed by atoms with Crippen LogP contribution < -0.4 is 0 Å². The van der Waals surface area contributed by atoms with Crippen LogP contribution in [0.4, 0.5) is 0 Å². The van der Waals surface area contributed by atoms with Gasteiger partial charge in [-0.1, -0.05) is 0 Å². The maximum Gasteiger partial charge on any atom is 0.378 e. The molecule has 1 saturated carbocycles. The molecular weight excluding hydrogens is 170 g/mol. The maximum absolute atomic E-state index is 11.1. The first-order chi connectivity index (χ1) is 6.31. The molecule has 5 nitrogen and oxygen atoms in total. The van der Waals surface area contributed by atoms with Crippen molar-refractivity contribution < 1.29 is 9.53 Å². The van der Waals surface area contributed by atoms with Gasteiger partial charge in [-0.2, -0.15) is 0 Å². The van der Waals surface area contributed by atoms with E-state index in [-0.39, 0.29) is 5.82 Å². The van der Waals surface area contributed by atoms with Gasteiger partial charge in [0, 0.05) is 0 Å². The lowest BCUT2D eigenvalue weighted by atomic mass is 10.6. The van der Waals surface area contributed by atoms with E-state index in [1.54, 1.807) is 17.9 Å². The molecule has 70 valence electrons. The molecule has 0 aliphatic heterocycles. The maximum atomic E-state index is 11.1. The average molecular weight is 181 g/mol. The highest BCUT2D eigenvalue weighted by atomic mass is 16.5. The Morgan fingerprint density at radius 3 is 3.15 bits per heavy atom. The van der Waals surface area contributed by atoms with Gasteiger partial charge in [0.25, 0.3) is 5.82 Å². The van der Waals surface area contributed by atoms with Crippen LogP contribution in [0.2, 0.25) is 0 Å². The van der Waals surface area contributed by atoms with Gasteiger partial charge in [0.15, 0.2) is 0 Å². The lowest BCUT2D eigenvalue weighted by Crippen LogP contribution is -2.07. The van der Waals surface area contributed by atoms with Crippen LogP contribution in [0, 0.1) is 0 Å². The molecular formula is C8H11N3O2. The number of ether oxygens (including phenoxy) is 1. The molecule has 0 N–H and O–H groups in total. The molecule has 1 heterocycles. The number of aromatic nitrogens is 3. The van der Waals surface area contributed by atoms with Crippen molar-refractivity contribution in [1.82, 2.24) is 14.8 Å². The molecule has 0 aromatic carbocycles. The number of hydrogen-bond donors (Lipinski definition) is 0. The van der Waals surface area contributed by atoms with E-state index in [4.69, 9.17) is 4.74 Å². The third-order valence-electron chi connectivity index (χ3n) is 1.89. The predicted molar refractivity (Wildman–Crippen MR) is 44.2 cm³/mol. The number of carbonyl (C=O) groups is 1. The Morgan fingerprint density at radius 1 is 1.77 bits per heavy atom. The molecule has 1 aliphatic rings. The van der Waals surface area contributed by atoms with Crippen LogP contribution in [-0.4, -0.2) is 27.3 Å². The fraction of sp³-hybridized carbons (Fsp3) is 0.625. The third kappa shape index (κ3) is 1.68. The van der Waals surface area contributed by atoms with Crippen LogP contribution in [0.25, 0.3) is 0 Å². The minimum absolute atomic E-state index is 0.161. The largest absolute Gasteiger partial charge is 0.460 e. The smallest absolute Gasteiger partial charge is 0.378 e. The molecule has 0 saturated heterocycles. The Bertz CT molecular complexity index is 317. The van der Waals surface area contributed by atoms with Crippen LogP contribution in [0.5, 0.6) is 0 Å². The van der Waals surface area contributed by atoms with Crippen LogP contribution >= 0.6 is 0 Å². The summed E-state index contributed by atoms with van der Waals surface area (Å²) in [7, 11) is 0. The Labute approximate surface area is 75.7 Å². The van der Waals surface area contributed by atoms with Gasteiger partial charge in [-0.25, -0.2) is 14.5 Å². The highest BCUT2D eigenvalue weighted by Gasteiger charge is 2.26. The highest BCUT2D eigenvalue weighted by Crippen LogP contribution is 2.33. The summed E-state index contributed by atoms with van der Waals surface area (Å²) in [6.45, 7) is 2.12. The van der Waals surface area contributed by atoms with Gasteiger partial charge in [0.1, 0.15) is 6.33 Å². The third-order valence-corrected chi connectivity index (χ3v) is 1.89. The second kappa shape index (κ2) is 3.16. The second-order valence-electron chi connectivity index (χ2n) is 3.00. The monoisotopic (exact) mass is 181 g/mol. The Balaban J connectivity index is 2.07. The average Bonchev–Trinajstić information content (AvgIpc) is 2.84. The topological polar surface area (TPSA) is 57.0 Å². The molecule has 0 unspecified atom stereocenters. The SMILES string of the molecule is CCOC(=O)c1ncn(C2CC2)n1. The van der Waals surface area contributed by atoms with E-state index in [0.717, 1.165) is 12.8 Å². The van der Waals surface area contributed by atoms with Gasteiger partial charge >= 0.3 is 5.97 Å². The molecule has 1 aromatic rings. The number of hydrogen-bond acceptors (Lipinski definition) is 4. The predicted octanol–water partition coefficient (Wildman–Crippen LogP) is 0.790. The van der Waals surface area contributed by atoms with Crippen LogP contribution in [0.1, 0.15) is 36.4 Å². The second-order valence-corrected chi connectivity index (χ2v) is 3.00. The zero-order valence-corrected chi connectivity index (χ0v) is 7.43. The lowest BCUT2D eigenvalue weighted by Gasteiger charge is -1.95. The van der Waals surface area contributed by atoms with Crippen molar-refractivity contribution in [2.24, 2.45) is 0 Å². The number of nitrogens with zero attached hydrogens (tertiary/aromatic N) is 3. The molecule has 2 rings (SSSR count). The number of esters is 1. The van der Waals surface area contributed by atoms with E-state index in [1.165, 1.54) is 0 Å². The minimum atomic E-state index is -0.443. The van der Waals surface area contributed by atoms with Gasteiger partial charge < -0.3 is 4.74 Å². The van der Waals surface area contributed by atoms with E-state index in [0.29, 0.717) is 12.6 Å². The molecule has 0 radical (unpaired) electrons. The van der Waals surface area contributed by atoms with E-state index in [1.807, 2.05) is 0 Å². The summed E-state index contributed by atoms with van der Waals surface area (Å²) in [5, 5.41) is 4.02. The van der Waals surface area contributed by atoms with E-state index in [2.05, 4.69) is 10.1 Å². The van der Waals surface area contributed by atoms with Crippen molar-refractivity contribution in [2.45, 2.75) is 25.8 Å². The first kappa shape index (κ1) is 8.22. The summed E-state index contributed by atoms with van der Waals surface area (Å²) in [4.78, 5) is 15.0. The van der Waals surface area contributed by atoms with E-state index < -0.39 is 5.97 Å². The molecule has 1 aliphatic carbocycles. The Morgan fingerprint density at radius 2 is 2.54 bits per heavy atom. The van der Waals surface area contributed by atoms with Crippen molar-refractivity contribution in [3.8, 4) is 0 Å². The standard InChI is InChI=1S/C8H11N3O2/c1-2-13-8(12)7-9-5-11(10-7)6-3-4-6/h5-6H,2-4H2,1H3. The summed E-state index contributed by atoms with van der Waals surface area (Å²) in [5.74, 6) is -0.282. The molecule has 0 spiro atoms. The van der Waals surface area contributed by atoms with E-state index in [9.17, 15) is 4.79 Å². The molecule has 0 amide bonds. The van der Waals surface area contributed by atoms with Crippen molar-refractivity contribution >= 4 is 5.97 Å². The lowest BCUT2D eigenvalue weighted by molar-refractivity contribution is 0.0511. The minimum Gasteiger partial charge on any atom is -0.460 e. The molecule has 0 bridgehead atoms. The van der Waals surface area contributed by atoms with Crippen LogP contribution in [0.3, 0.4) is 0 Å².